The van der Waals surface area contributed by atoms with Crippen LogP contribution >= 0.6 is 0 Å². The largest absolute Gasteiger partial charge is 0.497 e. The van der Waals surface area contributed by atoms with Crippen molar-refractivity contribution in [2.45, 2.75) is 44.1 Å². The van der Waals surface area contributed by atoms with E-state index in [4.69, 9.17) is 14.2 Å². The summed E-state index contributed by atoms with van der Waals surface area (Å²) in [6.07, 6.45) is 6.76. The van der Waals surface area contributed by atoms with Gasteiger partial charge in [0.2, 0.25) is 5.72 Å². The number of carbonyl (C=O) groups excluding carboxylic acids is 1. The Bertz CT molecular complexity index is 1060. The van der Waals surface area contributed by atoms with E-state index in [1.165, 1.54) is 23.8 Å². The Balaban J connectivity index is 1.77. The zero-order valence-corrected chi connectivity index (χ0v) is 16.4. The van der Waals surface area contributed by atoms with E-state index in [9.17, 15) is 4.79 Å². The van der Waals surface area contributed by atoms with Crippen molar-refractivity contribution in [3.63, 3.8) is 0 Å². The van der Waals surface area contributed by atoms with Gasteiger partial charge in [-0.1, -0.05) is 6.92 Å². The Morgan fingerprint density at radius 1 is 1.36 bits per heavy atom. The lowest BCUT2D eigenvalue weighted by Gasteiger charge is -2.52. The number of hydrogen-bond donors (Lipinski definition) is 0. The van der Waals surface area contributed by atoms with Crippen LogP contribution in [0.3, 0.4) is 0 Å². The van der Waals surface area contributed by atoms with Crippen molar-refractivity contribution in [3.8, 4) is 5.75 Å². The molecule has 6 rings (SSSR count). The second kappa shape index (κ2) is 5.11. The van der Waals surface area contributed by atoms with Crippen molar-refractivity contribution in [2.24, 2.45) is 5.41 Å². The normalized spacial score (nSPS) is 34.0. The summed E-state index contributed by atoms with van der Waals surface area (Å²) in [5.41, 5.74) is 2.31. The molecule has 2 bridgehead atoms. The van der Waals surface area contributed by atoms with Gasteiger partial charge in [0.25, 0.3) is 0 Å². The fourth-order valence-electron chi connectivity index (χ4n) is 6.32. The number of fused-ring (bicyclic) bond motifs is 5. The Labute approximate surface area is 163 Å². The highest BCUT2D eigenvalue weighted by molar-refractivity contribution is 5.91. The highest BCUT2D eigenvalue weighted by Crippen LogP contribution is 2.66. The average molecular weight is 380 g/mol. The van der Waals surface area contributed by atoms with E-state index in [-0.39, 0.29) is 23.5 Å². The monoisotopic (exact) mass is 380 g/mol. The minimum absolute atomic E-state index is 0.0932. The molecule has 0 radical (unpaired) electrons. The first-order valence-electron chi connectivity index (χ1n) is 10.0. The van der Waals surface area contributed by atoms with Crippen LogP contribution in [0.4, 0.5) is 0 Å². The number of esters is 1. The van der Waals surface area contributed by atoms with Gasteiger partial charge in [0.05, 0.1) is 31.9 Å². The molecule has 1 aromatic carbocycles. The SMILES string of the molecule is CCC12CC3(C(=O)OC)OC1C=CN1CCc4c(n3c3cc(OC)ccc43)C12. The number of benzene rings is 1. The van der Waals surface area contributed by atoms with Gasteiger partial charge in [-0.25, -0.2) is 4.79 Å². The van der Waals surface area contributed by atoms with Gasteiger partial charge in [0.15, 0.2) is 0 Å². The summed E-state index contributed by atoms with van der Waals surface area (Å²) in [6, 6.07) is 6.37. The number of ether oxygens (including phenoxy) is 3. The Morgan fingerprint density at radius 3 is 2.96 bits per heavy atom. The van der Waals surface area contributed by atoms with Crippen LogP contribution in [0, 0.1) is 5.41 Å². The van der Waals surface area contributed by atoms with E-state index in [0.717, 1.165) is 30.7 Å². The van der Waals surface area contributed by atoms with Crippen LogP contribution in [0.5, 0.6) is 5.75 Å². The van der Waals surface area contributed by atoms with Crippen LogP contribution in [0.2, 0.25) is 0 Å². The lowest BCUT2D eigenvalue weighted by molar-refractivity contribution is -0.180. The number of nitrogens with zero attached hydrogens (tertiary/aromatic N) is 2. The van der Waals surface area contributed by atoms with E-state index in [1.807, 2.05) is 12.1 Å². The van der Waals surface area contributed by atoms with Gasteiger partial charge in [-0.15, -0.1) is 0 Å². The van der Waals surface area contributed by atoms with Crippen LogP contribution in [-0.2, 0) is 26.4 Å². The third-order valence-electron chi connectivity index (χ3n) is 7.51. The van der Waals surface area contributed by atoms with E-state index in [1.54, 1.807) is 7.11 Å². The number of methoxy groups -OCH3 is 2. The highest BCUT2D eigenvalue weighted by Gasteiger charge is 2.70. The number of rotatable bonds is 3. The molecule has 6 nitrogen and oxygen atoms in total. The van der Waals surface area contributed by atoms with Crippen LogP contribution in [0.15, 0.2) is 30.5 Å². The van der Waals surface area contributed by atoms with Gasteiger partial charge in [-0.05, 0) is 42.8 Å². The number of carbonyl (C=O) groups is 1. The Hall–Kier alpha value is -2.47. The van der Waals surface area contributed by atoms with Gasteiger partial charge in [-0.3, -0.25) is 0 Å². The summed E-state index contributed by atoms with van der Waals surface area (Å²) in [5, 5.41) is 1.19. The molecular weight excluding hydrogens is 356 g/mol. The average Bonchev–Trinajstić information content (AvgIpc) is 3.24. The maximum atomic E-state index is 13.2. The van der Waals surface area contributed by atoms with Crippen molar-refractivity contribution < 1.29 is 19.0 Å². The predicted molar refractivity (Wildman–Crippen MR) is 103 cm³/mol. The highest BCUT2D eigenvalue weighted by atomic mass is 16.6. The van der Waals surface area contributed by atoms with Crippen molar-refractivity contribution in [2.75, 3.05) is 20.8 Å². The lowest BCUT2D eigenvalue weighted by Crippen LogP contribution is -2.54. The summed E-state index contributed by atoms with van der Waals surface area (Å²) in [6.45, 7) is 3.20. The van der Waals surface area contributed by atoms with Gasteiger partial charge in [0, 0.05) is 35.5 Å². The first kappa shape index (κ1) is 16.5. The molecule has 5 heterocycles. The molecule has 1 aromatic heterocycles. The minimum Gasteiger partial charge on any atom is -0.497 e. The van der Waals surface area contributed by atoms with Crippen molar-refractivity contribution >= 4 is 16.9 Å². The maximum absolute atomic E-state index is 13.2. The van der Waals surface area contributed by atoms with E-state index in [2.05, 4.69) is 34.7 Å². The quantitative estimate of drug-likeness (QED) is 0.766. The van der Waals surface area contributed by atoms with Crippen LogP contribution in [0.1, 0.15) is 37.1 Å². The fourth-order valence-corrected chi connectivity index (χ4v) is 6.32. The van der Waals surface area contributed by atoms with Crippen molar-refractivity contribution in [3.05, 3.63) is 41.7 Å². The van der Waals surface area contributed by atoms with E-state index < -0.39 is 5.72 Å². The molecule has 146 valence electrons. The third kappa shape index (κ3) is 1.60. The standard InChI is InChI=1S/C22H24N2O4/c1-4-21-12-22(20(25)27-3)24-16-11-13(26-2)5-6-14(16)15-7-9-23(19(21)18(15)24)10-8-17(21)28-22/h5-6,8,10-11,17,19H,4,7,9,12H2,1-3H3. The molecule has 4 unspecified atom stereocenters. The van der Waals surface area contributed by atoms with Crippen LogP contribution in [0.25, 0.3) is 10.9 Å². The number of aromatic nitrogens is 1. The summed E-state index contributed by atoms with van der Waals surface area (Å²) < 4.78 is 19.6. The Morgan fingerprint density at radius 2 is 2.21 bits per heavy atom. The smallest absolute Gasteiger partial charge is 0.360 e. The van der Waals surface area contributed by atoms with Gasteiger partial charge >= 0.3 is 5.97 Å². The molecule has 0 amide bonds. The second-order valence-corrected chi connectivity index (χ2v) is 8.39. The Kier molecular flexibility index (Phi) is 3.01. The maximum Gasteiger partial charge on any atom is 0.360 e. The van der Waals surface area contributed by atoms with Crippen LogP contribution in [-0.4, -0.2) is 42.3 Å². The fraction of sp³-hybridized carbons (Fsp3) is 0.500. The third-order valence-corrected chi connectivity index (χ3v) is 7.51. The topological polar surface area (TPSA) is 52.9 Å². The zero-order valence-electron chi connectivity index (χ0n) is 16.4. The van der Waals surface area contributed by atoms with Crippen LogP contribution < -0.4 is 4.74 Å². The molecule has 4 aliphatic rings. The molecule has 6 heteroatoms. The summed E-state index contributed by atoms with van der Waals surface area (Å²) in [5.74, 6) is 0.461. The first-order valence-corrected chi connectivity index (χ1v) is 10.0. The molecule has 4 atom stereocenters. The van der Waals surface area contributed by atoms with Crippen molar-refractivity contribution in [1.82, 2.24) is 9.47 Å². The molecule has 0 N–H and O–H groups in total. The zero-order chi connectivity index (χ0) is 19.3. The molecule has 1 saturated heterocycles. The summed E-state index contributed by atoms with van der Waals surface area (Å²) in [4.78, 5) is 15.7. The molecule has 28 heavy (non-hydrogen) atoms. The molecule has 0 saturated carbocycles. The van der Waals surface area contributed by atoms with E-state index >= 15 is 0 Å². The molecule has 2 aromatic rings. The second-order valence-electron chi connectivity index (χ2n) is 8.39. The lowest BCUT2D eigenvalue weighted by atomic mass is 9.64. The molecule has 0 aliphatic carbocycles. The van der Waals surface area contributed by atoms with Crippen molar-refractivity contribution in [1.29, 1.82) is 0 Å². The molecule has 4 aliphatic heterocycles. The molecule has 0 spiro atoms. The first-order chi connectivity index (χ1) is 13.6. The van der Waals surface area contributed by atoms with Gasteiger partial charge < -0.3 is 23.7 Å². The minimum atomic E-state index is -1.12. The molecular formula is C22H24N2O4. The predicted octanol–water partition coefficient (Wildman–Crippen LogP) is 3.10. The van der Waals surface area contributed by atoms with Gasteiger partial charge in [0.1, 0.15) is 5.75 Å². The van der Waals surface area contributed by atoms with E-state index in [0.29, 0.717) is 6.42 Å². The molecule has 1 fully saturated rings. The van der Waals surface area contributed by atoms with Gasteiger partial charge in [-0.2, -0.15) is 0 Å². The number of hydrogen-bond acceptors (Lipinski definition) is 5. The summed E-state index contributed by atoms with van der Waals surface area (Å²) in [7, 11) is 3.12. The summed E-state index contributed by atoms with van der Waals surface area (Å²) >= 11 is 0.